The molecule has 6 nitrogen and oxygen atoms in total. The highest BCUT2D eigenvalue weighted by Crippen LogP contribution is 2.32. The van der Waals surface area contributed by atoms with E-state index in [-0.39, 0.29) is 44.0 Å². The predicted molar refractivity (Wildman–Crippen MR) is 118 cm³/mol. The van der Waals surface area contributed by atoms with Gasteiger partial charge in [0.1, 0.15) is 5.82 Å². The summed E-state index contributed by atoms with van der Waals surface area (Å²) in [5, 5.41) is 10.3. The Kier molecular flexibility index (Phi) is 9.45. The summed E-state index contributed by atoms with van der Waals surface area (Å²) in [6.45, 7) is 4.98. The number of rotatable bonds is 7. The lowest BCUT2D eigenvalue weighted by molar-refractivity contribution is 0.00911. The zero-order chi connectivity index (χ0) is 19.3. The lowest BCUT2D eigenvalue weighted by Gasteiger charge is -2.36. The molecule has 2 aliphatic rings. The summed E-state index contributed by atoms with van der Waals surface area (Å²) in [5.41, 5.74) is 2.03. The molecule has 0 spiro atoms. The minimum atomic E-state index is -0.536. The first kappa shape index (κ1) is 24.5. The second-order valence-corrected chi connectivity index (χ2v) is 7.12. The van der Waals surface area contributed by atoms with Crippen LogP contribution in [0.3, 0.4) is 0 Å². The highest BCUT2D eigenvalue weighted by Gasteiger charge is 2.20. The summed E-state index contributed by atoms with van der Waals surface area (Å²) >= 11 is 0. The summed E-state index contributed by atoms with van der Waals surface area (Å²) in [4.78, 5) is 4.47. The van der Waals surface area contributed by atoms with Crippen molar-refractivity contribution in [3.8, 4) is 11.5 Å². The number of benzene rings is 2. The zero-order valence-electron chi connectivity index (χ0n) is 16.5. The average molecular weight is 461 g/mol. The van der Waals surface area contributed by atoms with Crippen molar-refractivity contribution in [2.45, 2.75) is 12.7 Å². The Morgan fingerprint density at radius 2 is 1.67 bits per heavy atom. The van der Waals surface area contributed by atoms with E-state index in [0.717, 1.165) is 48.9 Å². The van der Waals surface area contributed by atoms with Crippen LogP contribution in [-0.2, 0) is 11.3 Å². The van der Waals surface area contributed by atoms with Gasteiger partial charge in [0.05, 0.1) is 19.3 Å². The first-order valence-electron chi connectivity index (χ1n) is 9.54. The van der Waals surface area contributed by atoms with Crippen molar-refractivity contribution in [3.05, 3.63) is 53.8 Å². The van der Waals surface area contributed by atoms with Crippen molar-refractivity contribution >= 4 is 30.5 Å². The Hall–Kier alpha value is -1.77. The van der Waals surface area contributed by atoms with E-state index >= 15 is 0 Å². The number of ether oxygens (including phenoxy) is 3. The maximum absolute atomic E-state index is 13.0. The molecule has 0 aliphatic carbocycles. The Balaban J connectivity index is 0.00000160. The van der Waals surface area contributed by atoms with Crippen LogP contribution in [0.1, 0.15) is 5.56 Å². The largest absolute Gasteiger partial charge is 0.454 e. The van der Waals surface area contributed by atoms with Crippen LogP contribution in [0.15, 0.2) is 42.5 Å². The van der Waals surface area contributed by atoms with Crippen LogP contribution in [0.2, 0.25) is 0 Å². The quantitative estimate of drug-likeness (QED) is 0.684. The molecule has 0 saturated carbocycles. The number of piperazine rings is 1. The van der Waals surface area contributed by atoms with Crippen LogP contribution >= 0.6 is 24.8 Å². The smallest absolute Gasteiger partial charge is 0.231 e. The monoisotopic (exact) mass is 460 g/mol. The Morgan fingerprint density at radius 3 is 2.40 bits per heavy atom. The summed E-state index contributed by atoms with van der Waals surface area (Å²) in [6.07, 6.45) is -0.536. The minimum Gasteiger partial charge on any atom is -0.454 e. The van der Waals surface area contributed by atoms with Crippen molar-refractivity contribution in [1.82, 2.24) is 4.90 Å². The molecule has 2 aromatic rings. The van der Waals surface area contributed by atoms with Gasteiger partial charge in [-0.05, 0) is 42.0 Å². The molecule has 1 N–H and O–H groups in total. The Morgan fingerprint density at radius 1 is 0.967 bits per heavy atom. The fraction of sp³-hybridized carbons (Fsp3) is 0.429. The van der Waals surface area contributed by atoms with Gasteiger partial charge >= 0.3 is 0 Å². The van der Waals surface area contributed by atoms with Crippen molar-refractivity contribution in [2.24, 2.45) is 0 Å². The van der Waals surface area contributed by atoms with E-state index < -0.39 is 6.10 Å². The van der Waals surface area contributed by atoms with Gasteiger partial charge in [-0.25, -0.2) is 4.39 Å². The number of hydrogen-bond donors (Lipinski definition) is 1. The van der Waals surface area contributed by atoms with E-state index in [1.807, 2.05) is 30.3 Å². The number of anilines is 1. The van der Waals surface area contributed by atoms with Gasteiger partial charge in [-0.1, -0.05) is 6.07 Å². The lowest BCUT2D eigenvalue weighted by Crippen LogP contribution is -2.49. The van der Waals surface area contributed by atoms with Crippen molar-refractivity contribution in [2.75, 3.05) is 51.0 Å². The third-order valence-electron chi connectivity index (χ3n) is 5.05. The molecule has 2 aromatic carbocycles. The number of aliphatic hydroxyl groups excluding tert-OH is 1. The van der Waals surface area contributed by atoms with Crippen LogP contribution in [-0.4, -0.2) is 62.2 Å². The van der Waals surface area contributed by atoms with Gasteiger partial charge in [0.25, 0.3) is 0 Å². The standard InChI is InChI=1S/C21H25FN2O4.2ClH/c22-17-2-4-18(5-3-17)24-9-7-23(8-10-24)12-19(25)14-26-13-16-1-6-20-21(11-16)28-15-27-20;;/h1-6,11,19,25H,7-10,12-15H2;2*1H. The van der Waals surface area contributed by atoms with Gasteiger partial charge in [-0.3, -0.25) is 4.90 Å². The molecule has 0 bridgehead atoms. The van der Waals surface area contributed by atoms with Gasteiger partial charge in [0.2, 0.25) is 6.79 Å². The van der Waals surface area contributed by atoms with Crippen molar-refractivity contribution in [3.63, 3.8) is 0 Å². The highest BCUT2D eigenvalue weighted by molar-refractivity contribution is 5.85. The topological polar surface area (TPSA) is 54.4 Å². The van der Waals surface area contributed by atoms with Gasteiger partial charge in [0, 0.05) is 38.4 Å². The van der Waals surface area contributed by atoms with Crippen molar-refractivity contribution < 1.29 is 23.7 Å². The second kappa shape index (κ2) is 11.6. The van der Waals surface area contributed by atoms with Crippen LogP contribution in [0, 0.1) is 5.82 Å². The fourth-order valence-corrected chi connectivity index (χ4v) is 3.53. The predicted octanol–water partition coefficient (Wildman–Crippen LogP) is 3.10. The lowest BCUT2D eigenvalue weighted by atomic mass is 10.2. The summed E-state index contributed by atoms with van der Waals surface area (Å²) in [7, 11) is 0. The molecular formula is C21H27Cl2FN2O4. The Bertz CT molecular complexity index is 789. The molecular weight excluding hydrogens is 434 g/mol. The molecule has 166 valence electrons. The SMILES string of the molecule is Cl.Cl.OC(COCc1ccc2c(c1)OCO2)CN1CCN(c2ccc(F)cc2)CC1. The van der Waals surface area contributed by atoms with E-state index in [1.54, 1.807) is 0 Å². The number of nitrogens with zero attached hydrogens (tertiary/aromatic N) is 2. The third kappa shape index (κ3) is 6.36. The van der Waals surface area contributed by atoms with Gasteiger partial charge in [-0.15, -0.1) is 24.8 Å². The molecule has 1 saturated heterocycles. The van der Waals surface area contributed by atoms with Crippen LogP contribution < -0.4 is 14.4 Å². The molecule has 1 fully saturated rings. The van der Waals surface area contributed by atoms with Crippen LogP contribution in [0.4, 0.5) is 10.1 Å². The van der Waals surface area contributed by atoms with E-state index in [0.29, 0.717) is 13.2 Å². The minimum absolute atomic E-state index is 0. The number of hydrogen-bond acceptors (Lipinski definition) is 6. The second-order valence-electron chi connectivity index (χ2n) is 7.12. The molecule has 2 heterocycles. The number of fused-ring (bicyclic) bond motifs is 1. The van der Waals surface area contributed by atoms with Gasteiger partial charge in [0.15, 0.2) is 11.5 Å². The molecule has 2 aliphatic heterocycles. The summed E-state index contributed by atoms with van der Waals surface area (Å²) in [5.74, 6) is 1.27. The maximum Gasteiger partial charge on any atom is 0.231 e. The molecule has 0 radical (unpaired) electrons. The molecule has 1 atom stereocenters. The molecule has 0 aromatic heterocycles. The first-order valence-corrected chi connectivity index (χ1v) is 9.54. The summed E-state index contributed by atoms with van der Waals surface area (Å²) < 4.78 is 29.4. The fourth-order valence-electron chi connectivity index (χ4n) is 3.53. The zero-order valence-corrected chi connectivity index (χ0v) is 18.2. The average Bonchev–Trinajstić information content (AvgIpc) is 3.17. The van der Waals surface area contributed by atoms with Crippen LogP contribution in [0.5, 0.6) is 11.5 Å². The first-order chi connectivity index (χ1) is 13.7. The molecule has 9 heteroatoms. The Labute approximate surface area is 188 Å². The van der Waals surface area contributed by atoms with E-state index in [9.17, 15) is 9.50 Å². The van der Waals surface area contributed by atoms with Gasteiger partial charge in [-0.2, -0.15) is 0 Å². The molecule has 1 unspecified atom stereocenters. The van der Waals surface area contributed by atoms with E-state index in [1.165, 1.54) is 12.1 Å². The third-order valence-corrected chi connectivity index (χ3v) is 5.05. The molecule has 30 heavy (non-hydrogen) atoms. The summed E-state index contributed by atoms with van der Waals surface area (Å²) in [6, 6.07) is 12.3. The van der Waals surface area contributed by atoms with E-state index in [4.69, 9.17) is 14.2 Å². The van der Waals surface area contributed by atoms with Gasteiger partial charge < -0.3 is 24.2 Å². The number of β-amino-alcohol motifs (C(OH)–C–C–N with tert-alkyl or cyclic N) is 1. The number of aliphatic hydroxyl groups is 1. The van der Waals surface area contributed by atoms with E-state index in [2.05, 4.69) is 9.80 Å². The normalized spacial score (nSPS) is 16.5. The highest BCUT2D eigenvalue weighted by atomic mass is 35.5. The van der Waals surface area contributed by atoms with Crippen LogP contribution in [0.25, 0.3) is 0 Å². The van der Waals surface area contributed by atoms with Crippen molar-refractivity contribution in [1.29, 1.82) is 0 Å². The maximum atomic E-state index is 13.0. The molecule has 0 amide bonds. The number of halogens is 3. The molecule has 4 rings (SSSR count).